The van der Waals surface area contributed by atoms with Crippen LogP contribution in [-0.2, 0) is 9.53 Å². The number of hydrogen-bond donors (Lipinski definition) is 0. The van der Waals surface area contributed by atoms with Gasteiger partial charge in [0.1, 0.15) is 6.10 Å². The minimum absolute atomic E-state index is 0.0545. The van der Waals surface area contributed by atoms with E-state index in [2.05, 4.69) is 0 Å². The van der Waals surface area contributed by atoms with E-state index in [9.17, 15) is 14.9 Å². The molecular weight excluding hydrogens is 250 g/mol. The van der Waals surface area contributed by atoms with E-state index in [1.807, 2.05) is 6.92 Å². The average Bonchev–Trinajstić information content (AvgIpc) is 2.28. The standard InChI is InChI=1S/C13H17NO5/c1-4-18-13(15)8-10(3)19-12-7-9(2)5-6-11(12)14(16)17/h5-7,10H,4,8H2,1-3H3/t10-/m1/s1. The van der Waals surface area contributed by atoms with E-state index in [1.54, 1.807) is 26.0 Å². The third-order valence-corrected chi connectivity index (χ3v) is 2.40. The number of aryl methyl sites for hydroxylation is 1. The van der Waals surface area contributed by atoms with Gasteiger partial charge in [-0.2, -0.15) is 0 Å². The molecule has 6 heteroatoms. The zero-order valence-corrected chi connectivity index (χ0v) is 11.2. The molecule has 0 aromatic heterocycles. The van der Waals surface area contributed by atoms with Gasteiger partial charge in [0.05, 0.1) is 18.0 Å². The Balaban J connectivity index is 2.78. The summed E-state index contributed by atoms with van der Waals surface area (Å²) in [4.78, 5) is 21.7. The van der Waals surface area contributed by atoms with Crippen LogP contribution in [0.2, 0.25) is 0 Å². The van der Waals surface area contributed by atoms with E-state index in [4.69, 9.17) is 9.47 Å². The third-order valence-electron chi connectivity index (χ3n) is 2.40. The molecule has 0 aliphatic carbocycles. The van der Waals surface area contributed by atoms with Gasteiger partial charge >= 0.3 is 11.7 Å². The molecule has 0 saturated carbocycles. The lowest BCUT2D eigenvalue weighted by Crippen LogP contribution is -2.19. The minimum atomic E-state index is -0.508. The fraction of sp³-hybridized carbons (Fsp3) is 0.462. The number of carbonyl (C=O) groups excluding carboxylic acids is 1. The first-order valence-corrected chi connectivity index (χ1v) is 6.01. The van der Waals surface area contributed by atoms with Crippen LogP contribution < -0.4 is 4.74 Å². The number of carbonyl (C=O) groups is 1. The Morgan fingerprint density at radius 1 is 1.47 bits per heavy atom. The van der Waals surface area contributed by atoms with Gasteiger partial charge in [-0.05, 0) is 32.4 Å². The number of nitrogens with zero attached hydrogens (tertiary/aromatic N) is 1. The van der Waals surface area contributed by atoms with Gasteiger partial charge in [0.15, 0.2) is 5.75 Å². The van der Waals surface area contributed by atoms with E-state index < -0.39 is 11.0 Å². The Kier molecular flexibility index (Phi) is 5.29. The van der Waals surface area contributed by atoms with E-state index >= 15 is 0 Å². The van der Waals surface area contributed by atoms with Gasteiger partial charge < -0.3 is 9.47 Å². The molecule has 1 atom stereocenters. The highest BCUT2D eigenvalue weighted by Gasteiger charge is 2.19. The SMILES string of the molecule is CCOC(=O)C[C@@H](C)Oc1cc(C)ccc1[N+](=O)[O-]. The summed E-state index contributed by atoms with van der Waals surface area (Å²) in [7, 11) is 0. The fourth-order valence-corrected chi connectivity index (χ4v) is 1.58. The van der Waals surface area contributed by atoms with Crippen LogP contribution in [0.5, 0.6) is 5.75 Å². The summed E-state index contributed by atoms with van der Waals surface area (Å²) in [6.45, 7) is 5.50. The highest BCUT2D eigenvalue weighted by Crippen LogP contribution is 2.29. The van der Waals surface area contributed by atoms with Crippen LogP contribution in [0.4, 0.5) is 5.69 Å². The molecular formula is C13H17NO5. The summed E-state index contributed by atoms with van der Waals surface area (Å²) in [5.41, 5.74) is 0.741. The van der Waals surface area contributed by atoms with Crippen molar-refractivity contribution < 1.29 is 19.2 Å². The first-order chi connectivity index (χ1) is 8.93. The summed E-state index contributed by atoms with van der Waals surface area (Å²) < 4.78 is 10.3. The monoisotopic (exact) mass is 267 g/mol. The van der Waals surface area contributed by atoms with Gasteiger partial charge in [-0.1, -0.05) is 6.07 Å². The van der Waals surface area contributed by atoms with E-state index in [1.165, 1.54) is 6.07 Å². The van der Waals surface area contributed by atoms with Crippen LogP contribution in [0, 0.1) is 17.0 Å². The molecule has 1 aromatic carbocycles. The minimum Gasteiger partial charge on any atom is -0.483 e. The number of ether oxygens (including phenoxy) is 2. The summed E-state index contributed by atoms with van der Waals surface area (Å²) in [5, 5.41) is 10.9. The van der Waals surface area contributed by atoms with Crippen molar-refractivity contribution in [3.05, 3.63) is 33.9 Å². The van der Waals surface area contributed by atoms with Gasteiger partial charge in [0.2, 0.25) is 0 Å². The van der Waals surface area contributed by atoms with Gasteiger partial charge in [-0.25, -0.2) is 0 Å². The molecule has 1 aromatic rings. The van der Waals surface area contributed by atoms with E-state index in [0.29, 0.717) is 6.61 Å². The third kappa shape index (κ3) is 4.57. The molecule has 0 N–H and O–H groups in total. The van der Waals surface area contributed by atoms with Gasteiger partial charge in [0, 0.05) is 6.07 Å². The second-order valence-corrected chi connectivity index (χ2v) is 4.17. The molecule has 0 aliphatic rings. The van der Waals surface area contributed by atoms with Gasteiger partial charge in [-0.3, -0.25) is 14.9 Å². The molecule has 0 amide bonds. The quantitative estimate of drug-likeness (QED) is 0.449. The van der Waals surface area contributed by atoms with Crippen LogP contribution in [0.1, 0.15) is 25.8 Å². The maximum Gasteiger partial charge on any atom is 0.310 e. The molecule has 0 aliphatic heterocycles. The molecule has 1 rings (SSSR count). The second-order valence-electron chi connectivity index (χ2n) is 4.17. The van der Waals surface area contributed by atoms with Crippen LogP contribution in [0.15, 0.2) is 18.2 Å². The molecule has 0 bridgehead atoms. The number of rotatable bonds is 6. The Morgan fingerprint density at radius 2 is 2.16 bits per heavy atom. The summed E-state index contributed by atoms with van der Waals surface area (Å²) in [6, 6.07) is 4.61. The number of hydrogen-bond acceptors (Lipinski definition) is 5. The zero-order chi connectivity index (χ0) is 14.4. The van der Waals surface area contributed by atoms with Crippen molar-refractivity contribution in [1.29, 1.82) is 0 Å². The maximum absolute atomic E-state index is 11.3. The predicted octanol–water partition coefficient (Wildman–Crippen LogP) is 2.62. The molecule has 104 valence electrons. The first kappa shape index (κ1) is 14.9. The largest absolute Gasteiger partial charge is 0.483 e. The Morgan fingerprint density at radius 3 is 2.74 bits per heavy atom. The van der Waals surface area contributed by atoms with Gasteiger partial charge in [0.25, 0.3) is 0 Å². The topological polar surface area (TPSA) is 78.7 Å². The maximum atomic E-state index is 11.3. The molecule has 6 nitrogen and oxygen atoms in total. The number of benzene rings is 1. The second kappa shape index (κ2) is 6.72. The van der Waals surface area contributed by atoms with Crippen molar-refractivity contribution in [3.63, 3.8) is 0 Å². The lowest BCUT2D eigenvalue weighted by Gasteiger charge is -2.14. The predicted molar refractivity (Wildman–Crippen MR) is 69.2 cm³/mol. The van der Waals surface area contributed by atoms with Crippen molar-refractivity contribution in [2.45, 2.75) is 33.3 Å². The van der Waals surface area contributed by atoms with Crippen molar-refractivity contribution in [2.24, 2.45) is 0 Å². The van der Waals surface area contributed by atoms with E-state index in [0.717, 1.165) is 5.56 Å². The normalized spacial score (nSPS) is 11.7. The van der Waals surface area contributed by atoms with Crippen LogP contribution in [0.25, 0.3) is 0 Å². The number of nitro groups is 1. The molecule has 0 unspecified atom stereocenters. The Hall–Kier alpha value is -2.11. The Labute approximate surface area is 111 Å². The number of esters is 1. The molecule has 0 fully saturated rings. The number of nitro benzene ring substituents is 1. The van der Waals surface area contributed by atoms with Crippen LogP contribution in [-0.4, -0.2) is 23.6 Å². The van der Waals surface area contributed by atoms with E-state index in [-0.39, 0.29) is 23.8 Å². The summed E-state index contributed by atoms with van der Waals surface area (Å²) in [5.74, 6) is -0.216. The summed E-state index contributed by atoms with van der Waals surface area (Å²) in [6.07, 6.45) is -0.432. The van der Waals surface area contributed by atoms with Crippen molar-refractivity contribution in [1.82, 2.24) is 0 Å². The van der Waals surface area contributed by atoms with Crippen molar-refractivity contribution >= 4 is 11.7 Å². The molecule has 19 heavy (non-hydrogen) atoms. The van der Waals surface area contributed by atoms with Crippen LogP contribution >= 0.6 is 0 Å². The smallest absolute Gasteiger partial charge is 0.310 e. The van der Waals surface area contributed by atoms with Crippen molar-refractivity contribution in [3.8, 4) is 5.75 Å². The molecule has 0 spiro atoms. The zero-order valence-electron chi connectivity index (χ0n) is 11.2. The lowest BCUT2D eigenvalue weighted by atomic mass is 10.2. The highest BCUT2D eigenvalue weighted by atomic mass is 16.6. The Bertz CT molecular complexity index is 472. The molecule has 0 heterocycles. The summed E-state index contributed by atoms with van der Waals surface area (Å²) >= 11 is 0. The van der Waals surface area contributed by atoms with Crippen LogP contribution in [0.3, 0.4) is 0 Å². The molecule has 0 saturated heterocycles. The highest BCUT2D eigenvalue weighted by molar-refractivity contribution is 5.70. The average molecular weight is 267 g/mol. The lowest BCUT2D eigenvalue weighted by molar-refractivity contribution is -0.386. The first-order valence-electron chi connectivity index (χ1n) is 6.01. The molecule has 0 radical (unpaired) electrons. The fourth-order valence-electron chi connectivity index (χ4n) is 1.58. The van der Waals surface area contributed by atoms with Crippen molar-refractivity contribution in [2.75, 3.05) is 6.61 Å². The van der Waals surface area contributed by atoms with Gasteiger partial charge in [-0.15, -0.1) is 0 Å².